The van der Waals surface area contributed by atoms with Gasteiger partial charge < -0.3 is 19.6 Å². The molecule has 1 fully saturated rings. The molecule has 0 unspecified atom stereocenters. The van der Waals surface area contributed by atoms with Crippen LogP contribution in [0, 0.1) is 5.92 Å². The molecule has 0 aromatic heterocycles. The van der Waals surface area contributed by atoms with Crippen LogP contribution in [0.15, 0.2) is 42.1 Å². The van der Waals surface area contributed by atoms with E-state index in [0.717, 1.165) is 9.96 Å². The van der Waals surface area contributed by atoms with E-state index in [0.29, 0.717) is 5.75 Å². The van der Waals surface area contributed by atoms with Gasteiger partial charge >= 0.3 is 51.4 Å². The zero-order valence-corrected chi connectivity index (χ0v) is 16.8. The largest absolute Gasteiger partial charge is 1.00 e. The number of β-lactam (4-membered cyclic amide) rings is 1. The summed E-state index contributed by atoms with van der Waals surface area (Å²) in [6, 6.07) is 7.32. The van der Waals surface area contributed by atoms with Gasteiger partial charge in [0, 0.05) is 6.92 Å². The maximum Gasteiger partial charge on any atom is 1.00 e. The molecular formula is C16H15KN2O5. The molecule has 3 rings (SSSR count). The number of amides is 2. The minimum atomic E-state index is -1.40. The fraction of sp³-hybridized carbons (Fsp3) is 0.312. The maximum absolute atomic E-state index is 12.4. The molecule has 2 heterocycles. The van der Waals surface area contributed by atoms with Crippen LogP contribution >= 0.6 is 0 Å². The molecule has 0 radical (unpaired) electrons. The number of hydrogen-bond donors (Lipinski definition) is 0. The normalized spacial score (nSPS) is 24.2. The van der Waals surface area contributed by atoms with Gasteiger partial charge in [-0.05, 0) is 18.1 Å². The zero-order chi connectivity index (χ0) is 16.7. The SMILES string of the molecule is CC(=O)N(Oc1ccccc1)[C@@H]1C(=O)N2C(C(=O)[O-])=C[C@@H](C)[C@H]12.[K+]. The van der Waals surface area contributed by atoms with Gasteiger partial charge in [0.1, 0.15) is 0 Å². The number of para-hydroxylation sites is 1. The second-order valence-corrected chi connectivity index (χ2v) is 5.59. The van der Waals surface area contributed by atoms with E-state index in [9.17, 15) is 19.5 Å². The standard InChI is InChI=1S/C16H16N2O5.K/c1-9-8-12(16(21)22)17-13(9)14(15(17)20)18(10(2)19)23-11-6-4-3-5-7-11;/h3-9,13-14H,1-2H3,(H,21,22);/q;+1/p-1/t9-,13-,14+;/m1./s1. The van der Waals surface area contributed by atoms with Crippen molar-refractivity contribution < 1.29 is 75.7 Å². The molecule has 24 heavy (non-hydrogen) atoms. The number of aliphatic carboxylic acids is 1. The molecule has 120 valence electrons. The monoisotopic (exact) mass is 354 g/mol. The first kappa shape index (κ1) is 19.1. The Kier molecular flexibility index (Phi) is 5.87. The van der Waals surface area contributed by atoms with E-state index in [1.807, 2.05) is 0 Å². The molecule has 2 aliphatic rings. The van der Waals surface area contributed by atoms with Gasteiger partial charge in [-0.1, -0.05) is 31.2 Å². The topological polar surface area (TPSA) is 90.0 Å². The molecule has 1 saturated heterocycles. The summed E-state index contributed by atoms with van der Waals surface area (Å²) in [5.41, 5.74) is -0.146. The summed E-state index contributed by atoms with van der Waals surface area (Å²) < 4.78 is 0. The van der Waals surface area contributed by atoms with Crippen molar-refractivity contribution in [3.63, 3.8) is 0 Å². The van der Waals surface area contributed by atoms with Gasteiger partial charge in [0.25, 0.3) is 11.8 Å². The number of carboxylic acids is 1. The molecule has 1 aromatic rings. The van der Waals surface area contributed by atoms with Crippen molar-refractivity contribution in [1.29, 1.82) is 0 Å². The van der Waals surface area contributed by atoms with Crippen molar-refractivity contribution in [1.82, 2.24) is 9.96 Å². The number of fused-ring (bicyclic) bond motifs is 1. The first-order chi connectivity index (χ1) is 10.9. The number of rotatable bonds is 4. The van der Waals surface area contributed by atoms with Crippen LogP contribution in [-0.2, 0) is 14.4 Å². The number of carbonyl (C=O) groups excluding carboxylic acids is 3. The first-order valence-electron chi connectivity index (χ1n) is 7.21. The van der Waals surface area contributed by atoms with Crippen molar-refractivity contribution >= 4 is 17.8 Å². The van der Waals surface area contributed by atoms with Crippen molar-refractivity contribution in [2.45, 2.75) is 25.9 Å². The molecule has 0 spiro atoms. The van der Waals surface area contributed by atoms with Gasteiger partial charge in [0.05, 0.1) is 17.7 Å². The van der Waals surface area contributed by atoms with Crippen molar-refractivity contribution in [3.8, 4) is 5.75 Å². The van der Waals surface area contributed by atoms with Crippen molar-refractivity contribution in [3.05, 3.63) is 42.1 Å². The predicted octanol–water partition coefficient (Wildman–Crippen LogP) is -3.30. The van der Waals surface area contributed by atoms with Crippen LogP contribution in [0.2, 0.25) is 0 Å². The molecule has 0 saturated carbocycles. The molecule has 0 aliphatic carbocycles. The fourth-order valence-corrected chi connectivity index (χ4v) is 3.04. The van der Waals surface area contributed by atoms with Gasteiger partial charge in [0.15, 0.2) is 11.8 Å². The Morgan fingerprint density at radius 1 is 1.25 bits per heavy atom. The Morgan fingerprint density at radius 3 is 2.42 bits per heavy atom. The molecular weight excluding hydrogens is 339 g/mol. The molecule has 0 N–H and O–H groups in total. The van der Waals surface area contributed by atoms with Gasteiger partial charge in [-0.25, -0.2) is 0 Å². The molecule has 0 bridgehead atoms. The van der Waals surface area contributed by atoms with Crippen LogP contribution in [0.4, 0.5) is 0 Å². The quantitative estimate of drug-likeness (QED) is 0.321. The van der Waals surface area contributed by atoms with Gasteiger partial charge in [0.2, 0.25) is 0 Å². The molecule has 7 nitrogen and oxygen atoms in total. The Hall–Kier alpha value is -1.19. The van der Waals surface area contributed by atoms with E-state index in [4.69, 9.17) is 4.84 Å². The Morgan fingerprint density at radius 2 is 1.88 bits per heavy atom. The van der Waals surface area contributed by atoms with Crippen molar-refractivity contribution in [2.75, 3.05) is 0 Å². The number of benzene rings is 1. The minimum absolute atomic E-state index is 0. The van der Waals surface area contributed by atoms with E-state index in [2.05, 4.69) is 0 Å². The summed E-state index contributed by atoms with van der Waals surface area (Å²) in [4.78, 5) is 42.1. The number of hydroxylamine groups is 2. The fourth-order valence-electron chi connectivity index (χ4n) is 3.04. The Balaban J connectivity index is 0.00000208. The number of hydrogen-bond acceptors (Lipinski definition) is 5. The Labute approximate surface area is 181 Å². The smallest absolute Gasteiger partial charge is 0.543 e. The van der Waals surface area contributed by atoms with Crippen LogP contribution in [0.5, 0.6) is 5.75 Å². The second kappa shape index (κ2) is 7.36. The van der Waals surface area contributed by atoms with Crippen molar-refractivity contribution in [2.24, 2.45) is 5.92 Å². The molecule has 1 aromatic carbocycles. The number of carboxylic acid groups (broad SMARTS) is 1. The van der Waals surface area contributed by atoms with E-state index >= 15 is 0 Å². The predicted molar refractivity (Wildman–Crippen MR) is 76.3 cm³/mol. The summed E-state index contributed by atoms with van der Waals surface area (Å²) in [5, 5.41) is 12.1. The second-order valence-electron chi connectivity index (χ2n) is 5.59. The van der Waals surface area contributed by atoms with Crippen LogP contribution in [0.1, 0.15) is 13.8 Å². The molecule has 2 aliphatic heterocycles. The maximum atomic E-state index is 12.4. The van der Waals surface area contributed by atoms with Crippen LogP contribution in [-0.4, -0.2) is 39.8 Å². The summed E-state index contributed by atoms with van der Waals surface area (Å²) >= 11 is 0. The molecule has 8 heteroatoms. The summed E-state index contributed by atoms with van der Waals surface area (Å²) in [5.74, 6) is -2.11. The van der Waals surface area contributed by atoms with Gasteiger partial charge in [-0.3, -0.25) is 9.59 Å². The van der Waals surface area contributed by atoms with Gasteiger partial charge in [-0.15, -0.1) is 0 Å². The van der Waals surface area contributed by atoms with Crippen LogP contribution < -0.4 is 61.3 Å². The third-order valence-corrected chi connectivity index (χ3v) is 4.05. The Bertz CT molecular complexity index is 706. The summed E-state index contributed by atoms with van der Waals surface area (Å²) in [6.45, 7) is 3.08. The average Bonchev–Trinajstić information content (AvgIpc) is 2.81. The minimum Gasteiger partial charge on any atom is -0.543 e. The first-order valence-corrected chi connectivity index (χ1v) is 7.21. The van der Waals surface area contributed by atoms with Crippen LogP contribution in [0.25, 0.3) is 0 Å². The van der Waals surface area contributed by atoms with E-state index in [1.165, 1.54) is 13.0 Å². The number of carbonyl (C=O) groups is 3. The zero-order valence-electron chi connectivity index (χ0n) is 13.6. The summed E-state index contributed by atoms with van der Waals surface area (Å²) in [6.07, 6.45) is 1.47. The molecule has 2 amide bonds. The third-order valence-electron chi connectivity index (χ3n) is 4.05. The van der Waals surface area contributed by atoms with E-state index < -0.39 is 29.9 Å². The number of nitrogens with zero attached hydrogens (tertiary/aromatic N) is 2. The van der Waals surface area contributed by atoms with Gasteiger partial charge in [-0.2, -0.15) is 5.06 Å². The van der Waals surface area contributed by atoms with E-state index in [1.54, 1.807) is 37.3 Å². The third kappa shape index (κ3) is 3.16. The molecule has 3 atom stereocenters. The van der Waals surface area contributed by atoms with Crippen LogP contribution in [0.3, 0.4) is 0 Å². The average molecular weight is 354 g/mol. The van der Waals surface area contributed by atoms with E-state index in [-0.39, 0.29) is 63.0 Å². The summed E-state index contributed by atoms with van der Waals surface area (Å²) in [7, 11) is 0.